The van der Waals surface area contributed by atoms with Gasteiger partial charge in [0, 0.05) is 18.4 Å². The minimum atomic E-state index is -0.449. The van der Waals surface area contributed by atoms with Gasteiger partial charge in [0.05, 0.1) is 13.1 Å². The molecule has 1 fully saturated rings. The lowest BCUT2D eigenvalue weighted by atomic mass is 10.0. The van der Waals surface area contributed by atoms with Crippen molar-refractivity contribution in [3.63, 3.8) is 0 Å². The summed E-state index contributed by atoms with van der Waals surface area (Å²) in [5.41, 5.74) is 3.59. The topological polar surface area (TPSA) is 119 Å². The van der Waals surface area contributed by atoms with Crippen LogP contribution in [-0.4, -0.2) is 50.1 Å². The van der Waals surface area contributed by atoms with Crippen LogP contribution in [0.25, 0.3) is 16.9 Å². The molecule has 3 aromatic heterocycles. The highest BCUT2D eigenvalue weighted by atomic mass is 16.6. The largest absolute Gasteiger partial charge is 0.447 e. The Morgan fingerprint density at radius 2 is 2.03 bits per heavy atom. The van der Waals surface area contributed by atoms with Crippen LogP contribution in [0.4, 0.5) is 22.2 Å². The van der Waals surface area contributed by atoms with Crippen molar-refractivity contribution in [2.75, 3.05) is 29.9 Å². The molecule has 1 amide bonds. The van der Waals surface area contributed by atoms with Crippen molar-refractivity contribution in [1.29, 1.82) is 0 Å². The quantitative estimate of drug-likeness (QED) is 0.401. The second-order valence-corrected chi connectivity index (χ2v) is 8.57. The van der Waals surface area contributed by atoms with Gasteiger partial charge in [-0.3, -0.25) is 9.69 Å². The van der Waals surface area contributed by atoms with Crippen LogP contribution >= 0.6 is 0 Å². The van der Waals surface area contributed by atoms with E-state index in [-0.39, 0.29) is 12.1 Å². The third-order valence-electron chi connectivity index (χ3n) is 6.30. The number of fused-ring (bicyclic) bond motifs is 2. The number of carbonyl (C=O) groups excluding carboxylic acids is 1. The van der Waals surface area contributed by atoms with Crippen LogP contribution in [0.2, 0.25) is 0 Å². The number of aromatic nitrogens is 5. The zero-order valence-corrected chi connectivity index (χ0v) is 19.5. The number of nitrogens with zero attached hydrogens (tertiary/aromatic N) is 6. The summed E-state index contributed by atoms with van der Waals surface area (Å²) in [7, 11) is 0. The molecule has 11 nitrogen and oxygen atoms in total. The molecule has 2 aliphatic rings. The van der Waals surface area contributed by atoms with Gasteiger partial charge in [-0.05, 0) is 48.4 Å². The lowest BCUT2D eigenvalue weighted by Gasteiger charge is -2.18. The smallest absolute Gasteiger partial charge is 0.415 e. The first-order chi connectivity index (χ1) is 17.6. The molecule has 0 radical (unpaired) electrons. The minimum absolute atomic E-state index is 0.245. The van der Waals surface area contributed by atoms with Gasteiger partial charge in [0.2, 0.25) is 5.95 Å². The number of cyclic esters (lactones) is 1. The fourth-order valence-corrected chi connectivity index (χ4v) is 4.57. The SMILES string of the molecule is C=CCn1c(=O)c2cnc(Nc3ccc4c(c3)CCNC4)nc2n1-c1cccc(N2CCOC2=O)n1. The van der Waals surface area contributed by atoms with E-state index in [1.165, 1.54) is 26.9 Å². The van der Waals surface area contributed by atoms with Crippen molar-refractivity contribution in [3.8, 4) is 5.82 Å². The Labute approximate surface area is 206 Å². The average Bonchev–Trinajstić information content (AvgIpc) is 3.45. The summed E-state index contributed by atoms with van der Waals surface area (Å²) in [5.74, 6) is 1.23. The Hall–Kier alpha value is -4.51. The first-order valence-electron chi connectivity index (χ1n) is 11.7. The maximum absolute atomic E-state index is 13.2. The first-order valence-corrected chi connectivity index (χ1v) is 11.7. The first kappa shape index (κ1) is 22.0. The van der Waals surface area contributed by atoms with Crippen molar-refractivity contribution in [1.82, 2.24) is 29.6 Å². The van der Waals surface area contributed by atoms with Crippen molar-refractivity contribution >= 4 is 34.6 Å². The Morgan fingerprint density at radius 3 is 2.86 bits per heavy atom. The van der Waals surface area contributed by atoms with E-state index in [2.05, 4.69) is 39.3 Å². The van der Waals surface area contributed by atoms with Gasteiger partial charge in [-0.15, -0.1) is 6.58 Å². The number of anilines is 3. The summed E-state index contributed by atoms with van der Waals surface area (Å²) < 4.78 is 8.18. The molecule has 36 heavy (non-hydrogen) atoms. The van der Waals surface area contributed by atoms with Gasteiger partial charge in [0.15, 0.2) is 11.5 Å². The normalized spacial score (nSPS) is 15.1. The number of ether oxygens (including phenoxy) is 1. The molecular formula is C25H24N8O3. The van der Waals surface area contributed by atoms with E-state index < -0.39 is 6.09 Å². The predicted octanol–water partition coefficient (Wildman–Crippen LogP) is 2.51. The van der Waals surface area contributed by atoms with Crippen LogP contribution in [0.1, 0.15) is 11.1 Å². The van der Waals surface area contributed by atoms with Crippen LogP contribution in [0.15, 0.2) is 60.0 Å². The number of hydrogen-bond acceptors (Lipinski definition) is 8. The van der Waals surface area contributed by atoms with Gasteiger partial charge in [-0.25, -0.2) is 24.1 Å². The number of hydrogen-bond donors (Lipinski definition) is 2. The number of rotatable bonds is 6. The second-order valence-electron chi connectivity index (χ2n) is 8.57. The molecule has 4 aromatic rings. The van der Waals surface area contributed by atoms with E-state index in [4.69, 9.17) is 9.72 Å². The molecule has 0 aliphatic carbocycles. The fraction of sp³-hybridized carbons (Fsp3) is 0.240. The summed E-state index contributed by atoms with van der Waals surface area (Å²) in [6.45, 7) is 6.56. The van der Waals surface area contributed by atoms with Gasteiger partial charge in [0.1, 0.15) is 17.8 Å². The van der Waals surface area contributed by atoms with Crippen LogP contribution in [0.5, 0.6) is 0 Å². The summed E-state index contributed by atoms with van der Waals surface area (Å²) >= 11 is 0. The molecule has 182 valence electrons. The van der Waals surface area contributed by atoms with Gasteiger partial charge in [-0.1, -0.05) is 18.2 Å². The molecule has 0 bridgehead atoms. The highest BCUT2D eigenvalue weighted by molar-refractivity contribution is 5.88. The van der Waals surface area contributed by atoms with Crippen molar-refractivity contribution in [3.05, 3.63) is 76.7 Å². The molecule has 0 saturated carbocycles. The number of nitrogens with one attached hydrogen (secondary N) is 2. The molecule has 0 spiro atoms. The molecule has 1 saturated heterocycles. The molecule has 1 aromatic carbocycles. The van der Waals surface area contributed by atoms with Crippen LogP contribution in [0, 0.1) is 0 Å². The molecule has 11 heteroatoms. The molecular weight excluding hydrogens is 460 g/mol. The lowest BCUT2D eigenvalue weighted by molar-refractivity contribution is 0.181. The van der Waals surface area contributed by atoms with E-state index in [1.807, 2.05) is 6.07 Å². The van der Waals surface area contributed by atoms with Gasteiger partial charge in [0.25, 0.3) is 5.56 Å². The average molecular weight is 485 g/mol. The Kier molecular flexibility index (Phi) is 5.45. The third-order valence-corrected chi connectivity index (χ3v) is 6.30. The van der Waals surface area contributed by atoms with E-state index in [0.29, 0.717) is 41.8 Å². The van der Waals surface area contributed by atoms with Crippen molar-refractivity contribution < 1.29 is 9.53 Å². The molecule has 6 rings (SSSR count). The molecule has 0 atom stereocenters. The fourth-order valence-electron chi connectivity index (χ4n) is 4.57. The van der Waals surface area contributed by atoms with Crippen LogP contribution < -0.4 is 21.1 Å². The van der Waals surface area contributed by atoms with E-state index in [1.54, 1.807) is 29.0 Å². The summed E-state index contributed by atoms with van der Waals surface area (Å²) in [4.78, 5) is 40.5. The van der Waals surface area contributed by atoms with Gasteiger partial charge < -0.3 is 15.4 Å². The van der Waals surface area contributed by atoms with E-state index >= 15 is 0 Å². The summed E-state index contributed by atoms with van der Waals surface area (Å²) in [6, 6.07) is 11.5. The zero-order chi connectivity index (χ0) is 24.6. The van der Waals surface area contributed by atoms with E-state index in [9.17, 15) is 9.59 Å². The van der Waals surface area contributed by atoms with E-state index in [0.717, 1.165) is 25.2 Å². The Bertz CT molecular complexity index is 1560. The lowest BCUT2D eigenvalue weighted by Crippen LogP contribution is -2.26. The Morgan fingerprint density at radius 1 is 1.14 bits per heavy atom. The number of allylic oxidation sites excluding steroid dienone is 1. The molecule has 2 N–H and O–H groups in total. The highest BCUT2D eigenvalue weighted by Gasteiger charge is 2.26. The molecule has 2 aliphatic heterocycles. The maximum Gasteiger partial charge on any atom is 0.415 e. The monoisotopic (exact) mass is 484 g/mol. The van der Waals surface area contributed by atoms with Gasteiger partial charge >= 0.3 is 6.09 Å². The number of pyridine rings is 1. The van der Waals surface area contributed by atoms with Crippen molar-refractivity contribution in [2.45, 2.75) is 19.5 Å². The molecule has 0 unspecified atom stereocenters. The maximum atomic E-state index is 13.2. The number of benzene rings is 1. The zero-order valence-electron chi connectivity index (χ0n) is 19.5. The predicted molar refractivity (Wildman–Crippen MR) is 135 cm³/mol. The van der Waals surface area contributed by atoms with Crippen LogP contribution in [-0.2, 0) is 24.2 Å². The van der Waals surface area contributed by atoms with Gasteiger partial charge in [-0.2, -0.15) is 4.98 Å². The minimum Gasteiger partial charge on any atom is -0.447 e. The molecule has 5 heterocycles. The third kappa shape index (κ3) is 3.79. The standard InChI is InChI=1S/C25H24N8O3/c1-2-10-32-23(34)19-15-27-24(28-18-7-6-17-14-26-9-8-16(17)13-18)30-22(19)33(32)21-5-3-4-20(29-21)31-11-12-36-25(31)35/h2-7,13,15,26H,1,8-12,14H2,(H,27,28,30). The van der Waals surface area contributed by atoms with Crippen molar-refractivity contribution in [2.24, 2.45) is 0 Å². The summed E-state index contributed by atoms with van der Waals surface area (Å²) in [6.07, 6.45) is 3.66. The van der Waals surface area contributed by atoms with Crippen LogP contribution in [0.3, 0.4) is 0 Å². The Balaban J connectivity index is 1.44. The summed E-state index contributed by atoms with van der Waals surface area (Å²) in [5, 5.41) is 7.00. The number of carbonyl (C=O) groups is 1. The second kappa shape index (κ2) is 8.93. The number of amides is 1. The highest BCUT2D eigenvalue weighted by Crippen LogP contribution is 2.23.